The zero-order valence-electron chi connectivity index (χ0n) is 11.4. The van der Waals surface area contributed by atoms with E-state index < -0.39 is 10.0 Å². The van der Waals surface area contributed by atoms with E-state index in [1.54, 1.807) is 13.8 Å². The molecule has 0 spiro atoms. The molecule has 2 N–H and O–H groups in total. The Morgan fingerprint density at radius 1 is 1.32 bits per heavy atom. The standard InChI is InChI=1S/C12H18N2O4S/c1-8(2)14-19(16,17)11-7-9(12(15)13-3)5-6-10(11)18-4/h5-8,14H,1-4H3,(H,13,15). The van der Waals surface area contributed by atoms with Crippen LogP contribution in [0.25, 0.3) is 0 Å². The third-order valence-electron chi connectivity index (χ3n) is 2.33. The van der Waals surface area contributed by atoms with Gasteiger partial charge in [0.2, 0.25) is 10.0 Å². The van der Waals surface area contributed by atoms with Crippen molar-refractivity contribution in [3.63, 3.8) is 0 Å². The van der Waals surface area contributed by atoms with Crippen LogP contribution in [0, 0.1) is 0 Å². The van der Waals surface area contributed by atoms with E-state index in [1.165, 1.54) is 32.4 Å². The highest BCUT2D eigenvalue weighted by Crippen LogP contribution is 2.25. The van der Waals surface area contributed by atoms with Gasteiger partial charge in [0.05, 0.1) is 7.11 Å². The number of benzene rings is 1. The first kappa shape index (κ1) is 15.5. The number of rotatable bonds is 5. The number of amides is 1. The third kappa shape index (κ3) is 3.68. The van der Waals surface area contributed by atoms with Crippen molar-refractivity contribution >= 4 is 15.9 Å². The van der Waals surface area contributed by atoms with Crippen molar-refractivity contribution in [2.45, 2.75) is 24.8 Å². The van der Waals surface area contributed by atoms with Crippen molar-refractivity contribution in [2.75, 3.05) is 14.2 Å². The maximum Gasteiger partial charge on any atom is 0.251 e. The summed E-state index contributed by atoms with van der Waals surface area (Å²) in [4.78, 5) is 11.5. The Kier molecular flexibility index (Phi) is 4.90. The largest absolute Gasteiger partial charge is 0.495 e. The number of carbonyl (C=O) groups excluding carboxylic acids is 1. The molecule has 1 rings (SSSR count). The molecule has 19 heavy (non-hydrogen) atoms. The van der Waals surface area contributed by atoms with Crippen LogP contribution in [0.2, 0.25) is 0 Å². The van der Waals surface area contributed by atoms with Crippen molar-refractivity contribution in [1.82, 2.24) is 10.0 Å². The summed E-state index contributed by atoms with van der Waals surface area (Å²) in [6.45, 7) is 3.43. The van der Waals surface area contributed by atoms with Crippen LogP contribution in [0.15, 0.2) is 23.1 Å². The summed E-state index contributed by atoms with van der Waals surface area (Å²) in [7, 11) is -0.864. The molecule has 0 atom stereocenters. The fourth-order valence-electron chi connectivity index (χ4n) is 1.55. The van der Waals surface area contributed by atoms with E-state index in [2.05, 4.69) is 10.0 Å². The van der Waals surface area contributed by atoms with Gasteiger partial charge >= 0.3 is 0 Å². The number of hydrogen-bond acceptors (Lipinski definition) is 4. The molecule has 1 aromatic carbocycles. The van der Waals surface area contributed by atoms with Crippen LogP contribution in [0.4, 0.5) is 0 Å². The zero-order chi connectivity index (χ0) is 14.6. The maximum absolute atomic E-state index is 12.2. The topological polar surface area (TPSA) is 84.5 Å². The Balaban J connectivity index is 3.35. The van der Waals surface area contributed by atoms with Crippen molar-refractivity contribution in [3.05, 3.63) is 23.8 Å². The lowest BCUT2D eigenvalue weighted by molar-refractivity contribution is 0.0963. The average Bonchev–Trinajstić information content (AvgIpc) is 2.35. The highest BCUT2D eigenvalue weighted by Gasteiger charge is 2.22. The highest BCUT2D eigenvalue weighted by atomic mass is 32.2. The number of ether oxygens (including phenoxy) is 1. The van der Waals surface area contributed by atoms with Gasteiger partial charge in [0.15, 0.2) is 0 Å². The molecule has 0 aliphatic heterocycles. The molecule has 0 aliphatic rings. The minimum absolute atomic E-state index is 0.0511. The summed E-state index contributed by atoms with van der Waals surface area (Å²) in [6, 6.07) is 4.01. The van der Waals surface area contributed by atoms with Crippen molar-refractivity contribution < 1.29 is 17.9 Å². The minimum Gasteiger partial charge on any atom is -0.495 e. The van der Waals surface area contributed by atoms with Crippen molar-refractivity contribution in [2.24, 2.45) is 0 Å². The SMILES string of the molecule is CNC(=O)c1ccc(OC)c(S(=O)(=O)NC(C)C)c1. The summed E-state index contributed by atoms with van der Waals surface area (Å²) in [5.41, 5.74) is 0.257. The van der Waals surface area contributed by atoms with Gasteiger partial charge in [0.1, 0.15) is 10.6 Å². The monoisotopic (exact) mass is 286 g/mol. The molecule has 1 amide bonds. The molecule has 0 bridgehead atoms. The van der Waals surface area contributed by atoms with Crippen LogP contribution in [0.3, 0.4) is 0 Å². The predicted octanol–water partition coefficient (Wildman–Crippen LogP) is 0.741. The molecule has 1 aromatic rings. The van der Waals surface area contributed by atoms with Crippen LogP contribution in [0.1, 0.15) is 24.2 Å². The summed E-state index contributed by atoms with van der Waals surface area (Å²) < 4.78 is 31.8. The molecule has 0 radical (unpaired) electrons. The van der Waals surface area contributed by atoms with Gasteiger partial charge in [-0.25, -0.2) is 13.1 Å². The molecule has 0 aromatic heterocycles. The number of carbonyl (C=O) groups is 1. The van der Waals surface area contributed by atoms with Crippen LogP contribution in [0.5, 0.6) is 5.75 Å². The lowest BCUT2D eigenvalue weighted by Gasteiger charge is -2.13. The zero-order valence-corrected chi connectivity index (χ0v) is 12.2. The van der Waals surface area contributed by atoms with Gasteiger partial charge in [-0.05, 0) is 32.0 Å². The molecule has 106 valence electrons. The maximum atomic E-state index is 12.2. The van der Waals surface area contributed by atoms with Gasteiger partial charge in [-0.3, -0.25) is 4.79 Å². The van der Waals surface area contributed by atoms with Gasteiger partial charge in [-0.1, -0.05) is 0 Å². The number of sulfonamides is 1. The van der Waals surface area contributed by atoms with Crippen LogP contribution in [-0.2, 0) is 10.0 Å². The Labute approximate surface area is 113 Å². The van der Waals surface area contributed by atoms with E-state index in [0.29, 0.717) is 0 Å². The Hall–Kier alpha value is -1.60. The summed E-state index contributed by atoms with van der Waals surface area (Å²) in [5, 5.41) is 2.44. The fourth-order valence-corrected chi connectivity index (χ4v) is 2.99. The number of nitrogens with one attached hydrogen (secondary N) is 2. The number of hydrogen-bond donors (Lipinski definition) is 2. The van der Waals surface area contributed by atoms with E-state index in [0.717, 1.165) is 0 Å². The molecular weight excluding hydrogens is 268 g/mol. The van der Waals surface area contributed by atoms with Gasteiger partial charge in [0, 0.05) is 18.7 Å². The lowest BCUT2D eigenvalue weighted by atomic mass is 10.2. The Morgan fingerprint density at radius 3 is 2.42 bits per heavy atom. The van der Waals surface area contributed by atoms with Crippen molar-refractivity contribution in [1.29, 1.82) is 0 Å². The summed E-state index contributed by atoms with van der Waals surface area (Å²) in [5.74, 6) is -0.163. The Morgan fingerprint density at radius 2 is 1.95 bits per heavy atom. The second kappa shape index (κ2) is 6.03. The second-order valence-electron chi connectivity index (χ2n) is 4.22. The molecule has 7 heteroatoms. The quantitative estimate of drug-likeness (QED) is 0.836. The first-order chi connectivity index (χ1) is 8.81. The first-order valence-electron chi connectivity index (χ1n) is 5.74. The summed E-state index contributed by atoms with van der Waals surface area (Å²) >= 11 is 0. The van der Waals surface area contributed by atoms with Crippen molar-refractivity contribution in [3.8, 4) is 5.75 Å². The molecular formula is C12H18N2O4S. The minimum atomic E-state index is -3.72. The van der Waals surface area contributed by atoms with E-state index in [4.69, 9.17) is 4.74 Å². The molecule has 0 unspecified atom stereocenters. The van der Waals surface area contributed by atoms with E-state index in [-0.39, 0.29) is 28.2 Å². The predicted molar refractivity (Wildman–Crippen MR) is 71.8 cm³/mol. The summed E-state index contributed by atoms with van der Waals surface area (Å²) in [6.07, 6.45) is 0. The molecule has 0 heterocycles. The number of methoxy groups -OCH3 is 1. The van der Waals surface area contributed by atoms with Crippen LogP contribution >= 0.6 is 0 Å². The molecule has 0 saturated heterocycles. The van der Waals surface area contributed by atoms with E-state index >= 15 is 0 Å². The van der Waals surface area contributed by atoms with Crippen LogP contribution < -0.4 is 14.8 Å². The third-order valence-corrected chi connectivity index (χ3v) is 4.01. The van der Waals surface area contributed by atoms with E-state index in [1.807, 2.05) is 0 Å². The highest BCUT2D eigenvalue weighted by molar-refractivity contribution is 7.89. The molecule has 0 fully saturated rings. The lowest BCUT2D eigenvalue weighted by Crippen LogP contribution is -2.31. The van der Waals surface area contributed by atoms with Gasteiger partial charge in [0.25, 0.3) is 5.91 Å². The van der Waals surface area contributed by atoms with Gasteiger partial charge in [-0.2, -0.15) is 0 Å². The van der Waals surface area contributed by atoms with Gasteiger partial charge < -0.3 is 10.1 Å². The second-order valence-corrected chi connectivity index (χ2v) is 5.90. The normalized spacial score (nSPS) is 11.4. The molecule has 0 aliphatic carbocycles. The Bertz CT molecular complexity index is 567. The average molecular weight is 286 g/mol. The van der Waals surface area contributed by atoms with Gasteiger partial charge in [-0.15, -0.1) is 0 Å². The first-order valence-corrected chi connectivity index (χ1v) is 7.22. The molecule has 6 nitrogen and oxygen atoms in total. The van der Waals surface area contributed by atoms with Crippen LogP contribution in [-0.4, -0.2) is 34.5 Å². The molecule has 0 saturated carbocycles. The van der Waals surface area contributed by atoms with E-state index in [9.17, 15) is 13.2 Å². The smallest absolute Gasteiger partial charge is 0.251 e. The fraction of sp³-hybridized carbons (Fsp3) is 0.417.